The van der Waals surface area contributed by atoms with Gasteiger partial charge in [-0.15, -0.1) is 0 Å². The highest BCUT2D eigenvalue weighted by molar-refractivity contribution is 5.77. The predicted molar refractivity (Wildman–Crippen MR) is 251 cm³/mol. The molecule has 1 aromatic heterocycles. The Morgan fingerprint density at radius 1 is 0.578 bits per heavy atom. The van der Waals surface area contributed by atoms with Crippen molar-refractivity contribution in [1.82, 2.24) is 9.55 Å². The average Bonchev–Trinajstić information content (AvgIpc) is 3.65. The Kier molecular flexibility index (Phi) is 13.3. The summed E-state index contributed by atoms with van der Waals surface area (Å²) in [5, 5.41) is 0. The molecule has 326 valence electrons. The summed E-state index contributed by atoms with van der Waals surface area (Å²) in [5.74, 6) is 2.86. The van der Waals surface area contributed by atoms with Gasteiger partial charge in [0.1, 0.15) is 23.0 Å². The molecule has 0 radical (unpaired) electrons. The lowest BCUT2D eigenvalue weighted by atomic mass is 9.94. The molecule has 1 N–H and O–H groups in total. The van der Waals surface area contributed by atoms with Gasteiger partial charge in [-0.2, -0.15) is 0 Å². The smallest absolute Gasteiger partial charge is 0.328 e. The highest BCUT2D eigenvalue weighted by atomic mass is 16.5. The van der Waals surface area contributed by atoms with Gasteiger partial charge in [0.25, 0.3) is 5.56 Å². The Bertz CT molecular complexity index is 2850. The van der Waals surface area contributed by atoms with Crippen molar-refractivity contribution in [1.29, 1.82) is 0 Å². The molecular weight excluding hydrogens is 805 g/mol. The Balaban J connectivity index is 1.09. The molecule has 1 aliphatic rings. The molecule has 3 atom stereocenters. The molecule has 3 unspecified atom stereocenters. The predicted octanol–water partition coefficient (Wildman–Crippen LogP) is 10.5. The minimum absolute atomic E-state index is 0.268. The third-order valence-corrected chi connectivity index (χ3v) is 12.2. The van der Waals surface area contributed by atoms with E-state index in [1.54, 1.807) is 46.1 Å². The van der Waals surface area contributed by atoms with Crippen LogP contribution in [0, 0.1) is 12.8 Å². The van der Waals surface area contributed by atoms with E-state index in [-0.39, 0.29) is 12.0 Å². The maximum absolute atomic E-state index is 13.3. The van der Waals surface area contributed by atoms with Crippen LogP contribution in [0.4, 0.5) is 0 Å². The van der Waals surface area contributed by atoms with Gasteiger partial charge in [-0.25, -0.2) is 4.79 Å². The van der Waals surface area contributed by atoms with E-state index in [9.17, 15) is 9.59 Å². The van der Waals surface area contributed by atoms with E-state index in [0.717, 1.165) is 84.2 Å². The van der Waals surface area contributed by atoms with Crippen molar-refractivity contribution in [3.63, 3.8) is 0 Å². The van der Waals surface area contributed by atoms with Crippen LogP contribution in [-0.2, 0) is 22.7 Å². The van der Waals surface area contributed by atoms with Crippen LogP contribution in [0.25, 0.3) is 44.5 Å². The van der Waals surface area contributed by atoms with Crippen molar-refractivity contribution in [3.8, 4) is 67.5 Å². The zero-order valence-corrected chi connectivity index (χ0v) is 36.8. The molecule has 0 bridgehead atoms. The second-order valence-electron chi connectivity index (χ2n) is 15.9. The molecule has 0 spiro atoms. The number of benzene rings is 6. The Hall–Kier alpha value is -7.14. The van der Waals surface area contributed by atoms with Gasteiger partial charge in [-0.3, -0.25) is 14.3 Å². The first-order valence-electron chi connectivity index (χ1n) is 21.2. The Morgan fingerprint density at radius 3 is 1.45 bits per heavy atom. The molecule has 6 aromatic carbocycles. The number of aromatic nitrogens is 2. The zero-order valence-electron chi connectivity index (χ0n) is 36.8. The lowest BCUT2D eigenvalue weighted by Crippen LogP contribution is -2.33. The molecule has 7 aromatic rings. The summed E-state index contributed by atoms with van der Waals surface area (Å²) in [6.07, 6.45) is 1.72. The molecule has 8 rings (SSSR count). The van der Waals surface area contributed by atoms with E-state index in [2.05, 4.69) is 72.2 Å². The highest BCUT2D eigenvalue weighted by Crippen LogP contribution is 2.42. The maximum Gasteiger partial charge on any atom is 0.328 e. The average molecular weight is 857 g/mol. The maximum atomic E-state index is 13.3. The number of nitrogens with one attached hydrogen (secondary N) is 1. The van der Waals surface area contributed by atoms with Gasteiger partial charge in [0.15, 0.2) is 0 Å². The number of aryl methyl sites for hydroxylation is 1. The van der Waals surface area contributed by atoms with Crippen molar-refractivity contribution >= 4 is 0 Å². The second-order valence-corrected chi connectivity index (χ2v) is 15.9. The molecule has 0 amide bonds. The second kappa shape index (κ2) is 19.5. The van der Waals surface area contributed by atoms with Crippen LogP contribution in [0.15, 0.2) is 161 Å². The van der Waals surface area contributed by atoms with Crippen LogP contribution in [-0.4, -0.2) is 50.7 Å². The fourth-order valence-corrected chi connectivity index (χ4v) is 8.43. The van der Waals surface area contributed by atoms with Crippen molar-refractivity contribution < 1.29 is 28.4 Å². The number of rotatable bonds is 16. The van der Waals surface area contributed by atoms with Gasteiger partial charge in [-0.1, -0.05) is 79.4 Å². The minimum Gasteiger partial charge on any atom is -0.497 e. The summed E-state index contributed by atoms with van der Waals surface area (Å²) in [7, 11) is 6.63. The molecule has 1 saturated carbocycles. The number of methoxy groups -OCH3 is 4. The monoisotopic (exact) mass is 856 g/mol. The first-order valence-corrected chi connectivity index (χ1v) is 21.2. The van der Waals surface area contributed by atoms with Crippen LogP contribution in [0.5, 0.6) is 23.0 Å². The summed E-state index contributed by atoms with van der Waals surface area (Å²) < 4.78 is 36.9. The van der Waals surface area contributed by atoms with E-state index in [4.69, 9.17) is 28.4 Å². The van der Waals surface area contributed by atoms with E-state index in [0.29, 0.717) is 31.8 Å². The molecule has 1 heterocycles. The van der Waals surface area contributed by atoms with Crippen molar-refractivity contribution in [2.45, 2.75) is 38.7 Å². The standard InChI is InChI=1S/C54H52N2O8/c1-34-30-56(54(58)55-53(34)57)51-29-52(64-32-43-10-8-41(37-13-21-45(60-4)22-14-37)28-49(43)39-17-25-47(62-6)26-18-39)50(35(51)2)33-63-31-42-9-7-40(36-11-19-44(59-3)20-12-36)27-48(42)38-15-23-46(61-5)24-16-38/h7-28,30,50-52H,2,29,31-33H2,1,3-6H3,(H,55,57,58). The SMILES string of the molecule is C=C1C(COCc2ccc(-c3ccc(OC)cc3)cc2-c2ccc(OC)cc2)C(OCc2ccc(-c3ccc(OC)cc3)cc2-c2ccc(OC)cc2)CC1n1cc(C)c(=O)[nH]c1=O. The van der Waals surface area contributed by atoms with E-state index < -0.39 is 17.3 Å². The number of aromatic amines is 1. The third kappa shape index (κ3) is 9.44. The number of H-pyrrole nitrogens is 1. The fraction of sp³-hybridized carbons (Fsp3) is 0.222. The number of hydrogen-bond acceptors (Lipinski definition) is 8. The number of nitrogens with zero attached hydrogens (tertiary/aromatic N) is 1. The fourth-order valence-electron chi connectivity index (χ4n) is 8.43. The normalized spacial score (nSPS) is 15.8. The van der Waals surface area contributed by atoms with Gasteiger partial charge in [0, 0.05) is 17.7 Å². The van der Waals surface area contributed by atoms with Crippen molar-refractivity contribution in [2.75, 3.05) is 35.0 Å². The van der Waals surface area contributed by atoms with Crippen LogP contribution in [0.3, 0.4) is 0 Å². The number of ether oxygens (including phenoxy) is 6. The first kappa shape index (κ1) is 43.5. The molecule has 0 saturated heterocycles. The van der Waals surface area contributed by atoms with Gasteiger partial charge >= 0.3 is 5.69 Å². The topological polar surface area (TPSA) is 110 Å². The summed E-state index contributed by atoms with van der Waals surface area (Å²) in [6, 6.07) is 44.4. The first-order chi connectivity index (χ1) is 31.2. The summed E-state index contributed by atoms with van der Waals surface area (Å²) in [4.78, 5) is 28.2. The lowest BCUT2D eigenvalue weighted by molar-refractivity contribution is -0.0120. The summed E-state index contributed by atoms with van der Waals surface area (Å²) in [6.45, 7) is 7.14. The third-order valence-electron chi connectivity index (χ3n) is 12.2. The quantitative estimate of drug-likeness (QED) is 0.0957. The van der Waals surface area contributed by atoms with E-state index in [1.807, 2.05) is 72.8 Å². The van der Waals surface area contributed by atoms with E-state index in [1.165, 1.54) is 0 Å². The van der Waals surface area contributed by atoms with Gasteiger partial charge < -0.3 is 28.4 Å². The van der Waals surface area contributed by atoms with E-state index >= 15 is 0 Å². The van der Waals surface area contributed by atoms with Crippen LogP contribution < -0.4 is 30.2 Å². The molecule has 1 fully saturated rings. The van der Waals surface area contributed by atoms with Crippen LogP contribution >= 0.6 is 0 Å². The van der Waals surface area contributed by atoms with Crippen LogP contribution in [0.1, 0.15) is 29.2 Å². The largest absolute Gasteiger partial charge is 0.497 e. The Morgan fingerprint density at radius 2 is 1.00 bits per heavy atom. The lowest BCUT2D eigenvalue weighted by Gasteiger charge is -2.22. The highest BCUT2D eigenvalue weighted by Gasteiger charge is 2.40. The van der Waals surface area contributed by atoms with Crippen molar-refractivity contribution in [2.24, 2.45) is 5.92 Å². The minimum atomic E-state index is -0.487. The molecule has 10 heteroatoms. The molecule has 1 aliphatic carbocycles. The van der Waals surface area contributed by atoms with Gasteiger partial charge in [-0.05, 0) is 135 Å². The molecule has 64 heavy (non-hydrogen) atoms. The molecule has 0 aliphatic heterocycles. The van der Waals surface area contributed by atoms with Crippen LogP contribution in [0.2, 0.25) is 0 Å². The summed E-state index contributed by atoms with van der Waals surface area (Å²) >= 11 is 0. The Labute approximate surface area is 373 Å². The van der Waals surface area contributed by atoms with Gasteiger partial charge in [0.05, 0.1) is 60.4 Å². The number of hydrogen-bond donors (Lipinski definition) is 1. The molecular formula is C54H52N2O8. The summed E-state index contributed by atoms with van der Waals surface area (Å²) in [5.41, 5.74) is 10.7. The van der Waals surface area contributed by atoms with Crippen molar-refractivity contribution in [3.05, 3.63) is 189 Å². The molecule has 10 nitrogen and oxygen atoms in total. The zero-order chi connectivity index (χ0) is 44.7. The van der Waals surface area contributed by atoms with Gasteiger partial charge in [0.2, 0.25) is 0 Å².